The van der Waals surface area contributed by atoms with Crippen LogP contribution in [-0.2, 0) is 9.53 Å². The van der Waals surface area contributed by atoms with Crippen LogP contribution in [0.4, 0.5) is 0 Å². The number of nitrogens with zero attached hydrogens (tertiary/aromatic N) is 1. The van der Waals surface area contributed by atoms with Gasteiger partial charge >= 0.3 is 0 Å². The lowest BCUT2D eigenvalue weighted by atomic mass is 10.0. The van der Waals surface area contributed by atoms with Gasteiger partial charge in [0.05, 0.1) is 6.54 Å². The number of hydrogen-bond donors (Lipinski definition) is 1. The third-order valence-corrected chi connectivity index (χ3v) is 6.58. The average molecular weight is 470 g/mol. The SMILES string of the molecule is CCCCCCCCCCCCCCCCOCCCN(O)C(=O)CCCCCCCCC. The van der Waals surface area contributed by atoms with E-state index < -0.39 is 0 Å². The molecule has 4 nitrogen and oxygen atoms in total. The van der Waals surface area contributed by atoms with Crippen LogP contribution in [0.1, 0.15) is 162 Å². The highest BCUT2D eigenvalue weighted by molar-refractivity contribution is 5.74. The predicted molar refractivity (Wildman–Crippen MR) is 142 cm³/mol. The van der Waals surface area contributed by atoms with Gasteiger partial charge in [-0.15, -0.1) is 0 Å². The van der Waals surface area contributed by atoms with Gasteiger partial charge in [0, 0.05) is 19.6 Å². The standard InChI is InChI=1S/C29H59NO3/c1-3-5-7-9-11-12-13-14-15-16-17-19-21-23-27-33-28-24-26-30(32)29(31)25-22-20-18-10-8-6-4-2/h32H,3-28H2,1-2H3. The summed E-state index contributed by atoms with van der Waals surface area (Å²) < 4.78 is 5.67. The zero-order valence-corrected chi connectivity index (χ0v) is 22.6. The van der Waals surface area contributed by atoms with E-state index >= 15 is 0 Å². The Hall–Kier alpha value is -0.610. The molecule has 1 amide bonds. The molecule has 0 heterocycles. The van der Waals surface area contributed by atoms with Crippen molar-refractivity contribution in [3.05, 3.63) is 0 Å². The van der Waals surface area contributed by atoms with Crippen molar-refractivity contribution in [3.8, 4) is 0 Å². The van der Waals surface area contributed by atoms with E-state index in [9.17, 15) is 10.0 Å². The van der Waals surface area contributed by atoms with Gasteiger partial charge in [0.15, 0.2) is 0 Å². The van der Waals surface area contributed by atoms with Gasteiger partial charge in [-0.3, -0.25) is 10.0 Å². The Morgan fingerprint density at radius 3 is 1.36 bits per heavy atom. The van der Waals surface area contributed by atoms with E-state index in [1.807, 2.05) is 0 Å². The van der Waals surface area contributed by atoms with E-state index in [4.69, 9.17) is 4.74 Å². The van der Waals surface area contributed by atoms with Crippen molar-refractivity contribution in [3.63, 3.8) is 0 Å². The molecule has 0 fully saturated rings. The molecule has 0 aliphatic heterocycles. The zero-order valence-electron chi connectivity index (χ0n) is 22.6. The number of unbranched alkanes of at least 4 members (excludes halogenated alkanes) is 19. The number of amides is 1. The lowest BCUT2D eigenvalue weighted by Crippen LogP contribution is -2.28. The highest BCUT2D eigenvalue weighted by atomic mass is 16.5. The van der Waals surface area contributed by atoms with Crippen LogP contribution in [0.2, 0.25) is 0 Å². The molecule has 0 aliphatic rings. The fourth-order valence-electron chi connectivity index (χ4n) is 4.30. The van der Waals surface area contributed by atoms with Crippen molar-refractivity contribution < 1.29 is 14.7 Å². The van der Waals surface area contributed by atoms with Gasteiger partial charge in [-0.05, 0) is 19.3 Å². The van der Waals surface area contributed by atoms with Gasteiger partial charge in [-0.1, -0.05) is 136 Å². The van der Waals surface area contributed by atoms with E-state index in [0.717, 1.165) is 30.9 Å². The predicted octanol–water partition coefficient (Wildman–Crippen LogP) is 9.23. The van der Waals surface area contributed by atoms with Crippen molar-refractivity contribution in [1.82, 2.24) is 5.06 Å². The van der Waals surface area contributed by atoms with Crippen LogP contribution in [-0.4, -0.2) is 35.9 Å². The average Bonchev–Trinajstić information content (AvgIpc) is 2.82. The van der Waals surface area contributed by atoms with Gasteiger partial charge in [0.2, 0.25) is 5.91 Å². The summed E-state index contributed by atoms with van der Waals surface area (Å²) in [4.78, 5) is 11.9. The van der Waals surface area contributed by atoms with E-state index in [1.54, 1.807) is 0 Å². The van der Waals surface area contributed by atoms with Crippen molar-refractivity contribution in [1.29, 1.82) is 0 Å². The largest absolute Gasteiger partial charge is 0.381 e. The molecule has 4 heteroatoms. The Bertz CT molecular complexity index is 389. The second-order valence-corrected chi connectivity index (χ2v) is 9.95. The number of hydroxylamine groups is 2. The minimum atomic E-state index is -0.143. The quantitative estimate of drug-likeness (QED) is 0.0740. The molecule has 33 heavy (non-hydrogen) atoms. The molecule has 0 aromatic heterocycles. The Labute approximate surface area is 207 Å². The molecule has 0 bridgehead atoms. The molecular formula is C29H59NO3. The van der Waals surface area contributed by atoms with Crippen molar-refractivity contribution in [2.75, 3.05) is 19.8 Å². The first-order valence-electron chi connectivity index (χ1n) is 14.8. The third-order valence-electron chi connectivity index (χ3n) is 6.58. The molecule has 0 atom stereocenters. The van der Waals surface area contributed by atoms with E-state index in [2.05, 4.69) is 13.8 Å². The van der Waals surface area contributed by atoms with Crippen molar-refractivity contribution in [2.45, 2.75) is 162 Å². The number of hydrogen-bond acceptors (Lipinski definition) is 3. The normalized spacial score (nSPS) is 11.2. The smallest absolute Gasteiger partial charge is 0.245 e. The van der Waals surface area contributed by atoms with Gasteiger partial charge in [-0.2, -0.15) is 0 Å². The van der Waals surface area contributed by atoms with Crippen LogP contribution >= 0.6 is 0 Å². The summed E-state index contributed by atoms with van der Waals surface area (Å²) in [5.74, 6) is -0.143. The second-order valence-electron chi connectivity index (χ2n) is 9.95. The first kappa shape index (κ1) is 32.4. The fraction of sp³-hybridized carbons (Fsp3) is 0.966. The minimum absolute atomic E-state index is 0.143. The molecule has 0 aromatic carbocycles. The first-order chi connectivity index (χ1) is 16.2. The third kappa shape index (κ3) is 25.8. The summed E-state index contributed by atoms with van der Waals surface area (Å²) in [5.41, 5.74) is 0. The van der Waals surface area contributed by atoms with Crippen LogP contribution in [0.25, 0.3) is 0 Å². The summed E-state index contributed by atoms with van der Waals surface area (Å²) >= 11 is 0. The summed E-state index contributed by atoms with van der Waals surface area (Å²) in [6.07, 6.45) is 28.7. The second kappa shape index (κ2) is 27.6. The maximum atomic E-state index is 11.9. The van der Waals surface area contributed by atoms with Gasteiger partial charge in [0.25, 0.3) is 0 Å². The topological polar surface area (TPSA) is 49.8 Å². The van der Waals surface area contributed by atoms with E-state index in [1.165, 1.54) is 116 Å². The van der Waals surface area contributed by atoms with Crippen LogP contribution < -0.4 is 0 Å². The summed E-state index contributed by atoms with van der Waals surface area (Å²) in [7, 11) is 0. The van der Waals surface area contributed by atoms with E-state index in [0.29, 0.717) is 26.0 Å². The molecule has 0 aromatic rings. The first-order valence-corrected chi connectivity index (χ1v) is 14.8. The Morgan fingerprint density at radius 2 is 0.909 bits per heavy atom. The number of carbonyl (C=O) groups is 1. The number of carbonyl (C=O) groups excluding carboxylic acids is 1. The van der Waals surface area contributed by atoms with Crippen LogP contribution in [0, 0.1) is 0 Å². The van der Waals surface area contributed by atoms with Gasteiger partial charge < -0.3 is 4.74 Å². The lowest BCUT2D eigenvalue weighted by molar-refractivity contribution is -0.166. The molecule has 1 N–H and O–H groups in total. The number of ether oxygens (including phenoxy) is 1. The van der Waals surface area contributed by atoms with Crippen molar-refractivity contribution >= 4 is 5.91 Å². The molecular weight excluding hydrogens is 410 g/mol. The monoisotopic (exact) mass is 469 g/mol. The molecule has 198 valence electrons. The zero-order chi connectivity index (χ0) is 24.2. The summed E-state index contributed by atoms with van der Waals surface area (Å²) in [6, 6.07) is 0. The molecule has 0 saturated heterocycles. The molecule has 0 unspecified atom stereocenters. The number of rotatable bonds is 27. The van der Waals surface area contributed by atoms with Crippen LogP contribution in [0.15, 0.2) is 0 Å². The molecule has 0 spiro atoms. The Morgan fingerprint density at radius 1 is 0.545 bits per heavy atom. The van der Waals surface area contributed by atoms with Gasteiger partial charge in [-0.25, -0.2) is 5.06 Å². The fourth-order valence-corrected chi connectivity index (χ4v) is 4.30. The van der Waals surface area contributed by atoms with Crippen molar-refractivity contribution in [2.24, 2.45) is 0 Å². The Balaban J connectivity index is 3.24. The Kier molecular flexibility index (Phi) is 27.1. The van der Waals surface area contributed by atoms with Gasteiger partial charge in [0.1, 0.15) is 0 Å². The molecule has 0 radical (unpaired) electrons. The summed E-state index contributed by atoms with van der Waals surface area (Å²) in [6.45, 7) is 6.31. The van der Waals surface area contributed by atoms with Crippen LogP contribution in [0.3, 0.4) is 0 Å². The maximum Gasteiger partial charge on any atom is 0.245 e. The highest BCUT2D eigenvalue weighted by Crippen LogP contribution is 2.13. The lowest BCUT2D eigenvalue weighted by Gasteiger charge is -2.15. The molecule has 0 rings (SSSR count). The van der Waals surface area contributed by atoms with E-state index in [-0.39, 0.29) is 5.91 Å². The molecule has 0 aliphatic carbocycles. The summed E-state index contributed by atoms with van der Waals surface area (Å²) in [5, 5.41) is 10.7. The van der Waals surface area contributed by atoms with Crippen LogP contribution in [0.5, 0.6) is 0 Å². The maximum absolute atomic E-state index is 11.9. The highest BCUT2D eigenvalue weighted by Gasteiger charge is 2.09. The molecule has 0 saturated carbocycles. The minimum Gasteiger partial charge on any atom is -0.381 e.